The van der Waals surface area contributed by atoms with Crippen LogP contribution >= 0.6 is 22.6 Å². The molecule has 6 heteroatoms. The molecule has 0 saturated carbocycles. The summed E-state index contributed by atoms with van der Waals surface area (Å²) in [5, 5.41) is 2.89. The number of likely N-dealkylation sites (tertiary alicyclic amines) is 1. The Morgan fingerprint density at radius 2 is 2.14 bits per heavy atom. The molecule has 1 fully saturated rings. The summed E-state index contributed by atoms with van der Waals surface area (Å²) < 4.78 is 6.19. The molecule has 0 radical (unpaired) electrons. The second kappa shape index (κ2) is 6.51. The van der Waals surface area contributed by atoms with Crippen molar-refractivity contribution in [1.29, 1.82) is 0 Å². The van der Waals surface area contributed by atoms with E-state index in [9.17, 15) is 9.59 Å². The van der Waals surface area contributed by atoms with Crippen molar-refractivity contribution >= 4 is 40.1 Å². The zero-order chi connectivity index (χ0) is 15.5. The molecule has 0 aliphatic carbocycles. The second-order valence-electron chi connectivity index (χ2n) is 5.13. The molecule has 0 unspecified atom stereocenters. The standard InChI is InChI=1S/C16H15IN2O3/c17-11-4-1-5-12(10-11)18-15(20)13-6-2-8-19(13)16(21)14-7-3-9-22-14/h1,3-5,7,9-10,13H,2,6,8H2,(H,18,20)/t13-/m0/s1. The smallest absolute Gasteiger partial charge is 0.290 e. The molecule has 2 aromatic rings. The van der Waals surface area contributed by atoms with E-state index in [2.05, 4.69) is 27.9 Å². The van der Waals surface area contributed by atoms with E-state index in [4.69, 9.17) is 4.42 Å². The molecule has 2 heterocycles. The number of hydrogen-bond acceptors (Lipinski definition) is 3. The van der Waals surface area contributed by atoms with E-state index < -0.39 is 6.04 Å². The van der Waals surface area contributed by atoms with Crippen LogP contribution in [0.4, 0.5) is 5.69 Å². The van der Waals surface area contributed by atoms with Gasteiger partial charge in [0.15, 0.2) is 5.76 Å². The fourth-order valence-electron chi connectivity index (χ4n) is 2.62. The van der Waals surface area contributed by atoms with Gasteiger partial charge in [-0.15, -0.1) is 0 Å². The molecule has 1 aromatic carbocycles. The van der Waals surface area contributed by atoms with Crippen molar-refractivity contribution in [2.75, 3.05) is 11.9 Å². The molecule has 1 aromatic heterocycles. The van der Waals surface area contributed by atoms with E-state index in [-0.39, 0.29) is 17.6 Å². The van der Waals surface area contributed by atoms with Gasteiger partial charge in [-0.1, -0.05) is 6.07 Å². The molecular formula is C16H15IN2O3. The van der Waals surface area contributed by atoms with Gasteiger partial charge in [0, 0.05) is 15.8 Å². The number of carbonyl (C=O) groups excluding carboxylic acids is 2. The van der Waals surface area contributed by atoms with Gasteiger partial charge in [0.25, 0.3) is 5.91 Å². The lowest BCUT2D eigenvalue weighted by molar-refractivity contribution is -0.119. The Bertz CT molecular complexity index is 684. The number of amides is 2. The van der Waals surface area contributed by atoms with Crippen LogP contribution in [0.15, 0.2) is 47.1 Å². The summed E-state index contributed by atoms with van der Waals surface area (Å²) in [6.45, 7) is 0.573. The third kappa shape index (κ3) is 3.16. The molecular weight excluding hydrogens is 395 g/mol. The van der Waals surface area contributed by atoms with E-state index in [1.165, 1.54) is 6.26 Å². The average molecular weight is 410 g/mol. The molecule has 2 amide bonds. The molecule has 5 nitrogen and oxygen atoms in total. The first-order valence-corrected chi connectivity index (χ1v) is 8.14. The lowest BCUT2D eigenvalue weighted by Crippen LogP contribution is -2.43. The van der Waals surface area contributed by atoms with Gasteiger partial charge in [0.05, 0.1) is 6.26 Å². The number of benzene rings is 1. The van der Waals surface area contributed by atoms with E-state index in [1.807, 2.05) is 24.3 Å². The van der Waals surface area contributed by atoms with Crippen molar-refractivity contribution in [3.8, 4) is 0 Å². The van der Waals surface area contributed by atoms with Crippen molar-refractivity contribution in [2.24, 2.45) is 0 Å². The van der Waals surface area contributed by atoms with Crippen LogP contribution in [-0.2, 0) is 4.79 Å². The summed E-state index contributed by atoms with van der Waals surface area (Å²) in [7, 11) is 0. The Morgan fingerprint density at radius 1 is 1.27 bits per heavy atom. The Kier molecular flexibility index (Phi) is 4.47. The van der Waals surface area contributed by atoms with Gasteiger partial charge in [-0.05, 0) is 65.8 Å². The van der Waals surface area contributed by atoms with Crippen LogP contribution in [0.1, 0.15) is 23.4 Å². The van der Waals surface area contributed by atoms with Crippen molar-refractivity contribution in [3.63, 3.8) is 0 Å². The molecule has 1 aliphatic heterocycles. The minimum Gasteiger partial charge on any atom is -0.459 e. The van der Waals surface area contributed by atoms with Crippen LogP contribution in [-0.4, -0.2) is 29.3 Å². The molecule has 1 saturated heterocycles. The van der Waals surface area contributed by atoms with Gasteiger partial charge in [-0.2, -0.15) is 0 Å². The topological polar surface area (TPSA) is 62.6 Å². The molecule has 0 spiro atoms. The van der Waals surface area contributed by atoms with Crippen LogP contribution in [0.5, 0.6) is 0 Å². The Morgan fingerprint density at radius 3 is 2.86 bits per heavy atom. The Labute approximate surface area is 141 Å². The second-order valence-corrected chi connectivity index (χ2v) is 6.38. The zero-order valence-electron chi connectivity index (χ0n) is 11.8. The average Bonchev–Trinajstić information content (AvgIpc) is 3.18. The summed E-state index contributed by atoms with van der Waals surface area (Å²) in [4.78, 5) is 26.4. The number of nitrogens with one attached hydrogen (secondary N) is 1. The Balaban J connectivity index is 1.72. The highest BCUT2D eigenvalue weighted by molar-refractivity contribution is 14.1. The number of anilines is 1. The predicted octanol–water partition coefficient (Wildman–Crippen LogP) is 3.13. The maximum atomic E-state index is 12.5. The van der Waals surface area contributed by atoms with Gasteiger partial charge >= 0.3 is 0 Å². The molecule has 0 bridgehead atoms. The summed E-state index contributed by atoms with van der Waals surface area (Å²) in [6, 6.07) is 10.4. The zero-order valence-corrected chi connectivity index (χ0v) is 13.9. The third-order valence-electron chi connectivity index (χ3n) is 3.64. The highest BCUT2D eigenvalue weighted by Gasteiger charge is 2.35. The van der Waals surface area contributed by atoms with Crippen molar-refractivity contribution in [1.82, 2.24) is 4.90 Å². The Hall–Kier alpha value is -1.83. The molecule has 1 aliphatic rings. The highest BCUT2D eigenvalue weighted by atomic mass is 127. The van der Waals surface area contributed by atoms with Crippen LogP contribution in [0.3, 0.4) is 0 Å². The summed E-state index contributed by atoms with van der Waals surface area (Å²) in [5.74, 6) is -0.112. The van der Waals surface area contributed by atoms with Crippen LogP contribution < -0.4 is 5.32 Å². The maximum absolute atomic E-state index is 12.5. The van der Waals surface area contributed by atoms with Crippen molar-refractivity contribution < 1.29 is 14.0 Å². The monoisotopic (exact) mass is 410 g/mol. The molecule has 3 rings (SSSR count). The van der Waals surface area contributed by atoms with Crippen molar-refractivity contribution in [3.05, 3.63) is 52.0 Å². The van der Waals surface area contributed by atoms with Gasteiger partial charge in [0.1, 0.15) is 6.04 Å². The first-order valence-electron chi connectivity index (χ1n) is 7.06. The molecule has 114 valence electrons. The lowest BCUT2D eigenvalue weighted by atomic mass is 10.2. The highest BCUT2D eigenvalue weighted by Crippen LogP contribution is 2.22. The van der Waals surface area contributed by atoms with E-state index in [1.54, 1.807) is 17.0 Å². The van der Waals surface area contributed by atoms with Crippen LogP contribution in [0.25, 0.3) is 0 Å². The quantitative estimate of drug-likeness (QED) is 0.792. The van der Waals surface area contributed by atoms with Gasteiger partial charge < -0.3 is 14.6 Å². The van der Waals surface area contributed by atoms with E-state index in [0.29, 0.717) is 13.0 Å². The fourth-order valence-corrected chi connectivity index (χ4v) is 3.16. The number of carbonyl (C=O) groups is 2. The van der Waals surface area contributed by atoms with Crippen LogP contribution in [0, 0.1) is 3.57 Å². The number of furan rings is 1. The molecule has 22 heavy (non-hydrogen) atoms. The predicted molar refractivity (Wildman–Crippen MR) is 90.6 cm³/mol. The SMILES string of the molecule is O=C(Nc1cccc(I)c1)[C@@H]1CCCN1C(=O)c1ccco1. The summed E-state index contributed by atoms with van der Waals surface area (Å²) in [5.41, 5.74) is 0.745. The molecule has 1 N–H and O–H groups in total. The number of rotatable bonds is 3. The summed E-state index contributed by atoms with van der Waals surface area (Å²) >= 11 is 2.19. The first kappa shape index (κ1) is 15.1. The van der Waals surface area contributed by atoms with E-state index in [0.717, 1.165) is 15.7 Å². The summed E-state index contributed by atoms with van der Waals surface area (Å²) in [6.07, 6.45) is 2.95. The minimum absolute atomic E-state index is 0.153. The van der Waals surface area contributed by atoms with Crippen LogP contribution in [0.2, 0.25) is 0 Å². The number of hydrogen-bond donors (Lipinski definition) is 1. The number of halogens is 1. The maximum Gasteiger partial charge on any atom is 0.290 e. The lowest BCUT2D eigenvalue weighted by Gasteiger charge is -2.23. The van der Waals surface area contributed by atoms with Gasteiger partial charge in [-0.25, -0.2) is 0 Å². The van der Waals surface area contributed by atoms with Crippen molar-refractivity contribution in [2.45, 2.75) is 18.9 Å². The molecule has 1 atom stereocenters. The van der Waals surface area contributed by atoms with Gasteiger partial charge in [0.2, 0.25) is 5.91 Å². The van der Waals surface area contributed by atoms with Gasteiger partial charge in [-0.3, -0.25) is 9.59 Å². The normalized spacial score (nSPS) is 17.5. The minimum atomic E-state index is -0.449. The first-order chi connectivity index (χ1) is 10.6. The largest absolute Gasteiger partial charge is 0.459 e. The third-order valence-corrected chi connectivity index (χ3v) is 4.31. The van der Waals surface area contributed by atoms with E-state index >= 15 is 0 Å². The fraction of sp³-hybridized carbons (Fsp3) is 0.250. The number of nitrogens with zero attached hydrogens (tertiary/aromatic N) is 1.